The van der Waals surface area contributed by atoms with Gasteiger partial charge in [0.15, 0.2) is 0 Å². The Balaban J connectivity index is 0.000000387. The maximum atomic E-state index is 9.55. The molecule has 2 rings (SSSR count). The molecule has 0 aromatic rings. The van der Waals surface area contributed by atoms with Gasteiger partial charge < -0.3 is 20.4 Å². The Morgan fingerprint density at radius 3 is 1.44 bits per heavy atom. The highest BCUT2D eigenvalue weighted by Gasteiger charge is 2.06. The highest BCUT2D eigenvalue weighted by Crippen LogP contribution is 2.21. The molecule has 8 nitrogen and oxygen atoms in total. The molecule has 0 aromatic carbocycles. The number of hydrogen-bond donors (Lipinski definition) is 4. The van der Waals surface area contributed by atoms with E-state index in [1.165, 1.54) is 5.57 Å². The normalized spacial score (nSPS) is 16.3. The van der Waals surface area contributed by atoms with Crippen LogP contribution in [0, 0.1) is 5.92 Å². The van der Waals surface area contributed by atoms with E-state index in [0.717, 1.165) is 0 Å². The Kier molecular flexibility index (Phi) is 11.4. The predicted octanol–water partition coefficient (Wildman–Crippen LogP) is 2.20. The monoisotopic (exact) mass is 374 g/mol. The van der Waals surface area contributed by atoms with Crippen molar-refractivity contribution in [3.63, 3.8) is 0 Å². The van der Waals surface area contributed by atoms with E-state index in [4.69, 9.17) is 20.4 Å². The third-order valence-corrected chi connectivity index (χ3v) is 2.67. The van der Waals surface area contributed by atoms with Gasteiger partial charge in [0.1, 0.15) is 0 Å². The van der Waals surface area contributed by atoms with Crippen molar-refractivity contribution in [1.29, 1.82) is 0 Å². The lowest BCUT2D eigenvalue weighted by Gasteiger charge is -2.10. The van der Waals surface area contributed by atoms with Crippen LogP contribution in [-0.2, 0) is 19.2 Å². The maximum Gasteiger partial charge on any atom is 0.328 e. The van der Waals surface area contributed by atoms with E-state index in [9.17, 15) is 19.2 Å². The molecule has 0 heterocycles. The number of carboxylic acid groups (broad SMARTS) is 4. The summed E-state index contributed by atoms with van der Waals surface area (Å²) in [5.74, 6) is -4.53. The minimum atomic E-state index is -1.26. The zero-order chi connectivity index (χ0) is 20.7. The molecule has 0 radical (unpaired) electrons. The Bertz CT molecular complexity index is 695. The fourth-order valence-electron chi connectivity index (χ4n) is 1.61. The summed E-state index contributed by atoms with van der Waals surface area (Å²) < 4.78 is 0. The van der Waals surface area contributed by atoms with Gasteiger partial charge in [-0.1, -0.05) is 54.7 Å². The molecule has 0 amide bonds. The molecule has 142 valence electrons. The van der Waals surface area contributed by atoms with Crippen molar-refractivity contribution in [1.82, 2.24) is 0 Å². The van der Waals surface area contributed by atoms with Gasteiger partial charge in [0.25, 0.3) is 0 Å². The minimum absolute atomic E-state index is 0.495. The molecule has 27 heavy (non-hydrogen) atoms. The zero-order valence-electron chi connectivity index (χ0n) is 14.0. The average Bonchev–Trinajstić information content (AvgIpc) is 2.85. The fraction of sp³-hybridized carbons (Fsp3) is 0.0526. The summed E-state index contributed by atoms with van der Waals surface area (Å²) in [6.07, 6.45) is 21.4. The van der Waals surface area contributed by atoms with Gasteiger partial charge in [-0.3, -0.25) is 0 Å². The number of aliphatic carboxylic acids is 4. The number of rotatable bonds is 4. The van der Waals surface area contributed by atoms with E-state index in [2.05, 4.69) is 54.7 Å². The SMILES string of the molecule is C1=CC=C2C=CC=CC2C=C1.O=C(O)/C=C/C(=O)O.O=C(O)/C=C/C(=O)O. The lowest BCUT2D eigenvalue weighted by Crippen LogP contribution is -1.96. The van der Waals surface area contributed by atoms with Gasteiger partial charge in [0, 0.05) is 30.2 Å². The predicted molar refractivity (Wildman–Crippen MR) is 97.0 cm³/mol. The standard InChI is InChI=1S/C11H10.2C4H4O4/c1-2-6-10-8-4-5-9-11(10)7-3-1;2*5-3(6)1-2-4(7)8/h1-10H;2*1-2H,(H,5,6)(H,7,8)/b;2*2-1+. The molecule has 0 saturated carbocycles. The molecule has 0 spiro atoms. The van der Waals surface area contributed by atoms with Crippen molar-refractivity contribution in [2.75, 3.05) is 0 Å². The van der Waals surface area contributed by atoms with Crippen LogP contribution in [0.2, 0.25) is 0 Å². The maximum absolute atomic E-state index is 9.55. The van der Waals surface area contributed by atoms with Crippen molar-refractivity contribution >= 4 is 23.9 Å². The van der Waals surface area contributed by atoms with Gasteiger partial charge in [-0.2, -0.15) is 0 Å². The third kappa shape index (κ3) is 14.1. The lowest BCUT2D eigenvalue weighted by atomic mass is 9.95. The van der Waals surface area contributed by atoms with Gasteiger partial charge in [0.05, 0.1) is 0 Å². The van der Waals surface area contributed by atoms with Gasteiger partial charge in [-0.15, -0.1) is 0 Å². The number of carboxylic acids is 4. The number of allylic oxidation sites excluding steroid dienone is 10. The number of fused-ring (bicyclic) bond motifs is 1. The summed E-state index contributed by atoms with van der Waals surface area (Å²) in [6.45, 7) is 0. The summed E-state index contributed by atoms with van der Waals surface area (Å²) in [6, 6.07) is 0. The van der Waals surface area contributed by atoms with Crippen LogP contribution < -0.4 is 0 Å². The van der Waals surface area contributed by atoms with Crippen LogP contribution in [0.3, 0.4) is 0 Å². The highest BCUT2D eigenvalue weighted by molar-refractivity contribution is 5.90. The van der Waals surface area contributed by atoms with E-state index < -0.39 is 23.9 Å². The second kappa shape index (κ2) is 13.4. The van der Waals surface area contributed by atoms with Crippen LogP contribution in [0.5, 0.6) is 0 Å². The number of hydrogen-bond acceptors (Lipinski definition) is 4. The topological polar surface area (TPSA) is 149 Å². The summed E-state index contributed by atoms with van der Waals surface area (Å²) in [4.78, 5) is 38.2. The molecule has 0 aliphatic heterocycles. The summed E-state index contributed by atoms with van der Waals surface area (Å²) >= 11 is 0. The van der Waals surface area contributed by atoms with E-state index in [0.29, 0.717) is 30.2 Å². The molecular weight excluding hydrogens is 356 g/mol. The van der Waals surface area contributed by atoms with Crippen molar-refractivity contribution in [2.45, 2.75) is 0 Å². The molecule has 0 saturated heterocycles. The van der Waals surface area contributed by atoms with Crippen LogP contribution >= 0.6 is 0 Å². The van der Waals surface area contributed by atoms with Crippen molar-refractivity contribution in [3.8, 4) is 0 Å². The molecule has 0 fully saturated rings. The van der Waals surface area contributed by atoms with Gasteiger partial charge in [0.2, 0.25) is 0 Å². The molecule has 4 N–H and O–H groups in total. The molecular formula is C19H18O8. The smallest absolute Gasteiger partial charge is 0.328 e. The fourth-order valence-corrected chi connectivity index (χ4v) is 1.61. The van der Waals surface area contributed by atoms with Crippen molar-refractivity contribution in [3.05, 3.63) is 84.6 Å². The van der Waals surface area contributed by atoms with Gasteiger partial charge in [-0.25, -0.2) is 19.2 Å². The van der Waals surface area contributed by atoms with E-state index >= 15 is 0 Å². The van der Waals surface area contributed by atoms with Crippen LogP contribution in [0.1, 0.15) is 0 Å². The molecule has 0 aromatic heterocycles. The minimum Gasteiger partial charge on any atom is -0.478 e. The Morgan fingerprint density at radius 2 is 1.04 bits per heavy atom. The zero-order valence-corrected chi connectivity index (χ0v) is 14.0. The third-order valence-electron chi connectivity index (χ3n) is 2.67. The Hall–Kier alpha value is -3.94. The molecule has 8 heteroatoms. The number of carbonyl (C=O) groups is 4. The van der Waals surface area contributed by atoms with E-state index in [-0.39, 0.29) is 0 Å². The molecule has 2 aliphatic carbocycles. The molecule has 1 atom stereocenters. The Labute approximate surface area is 154 Å². The second-order valence-electron chi connectivity index (χ2n) is 4.73. The van der Waals surface area contributed by atoms with Crippen molar-refractivity contribution < 1.29 is 39.6 Å². The van der Waals surface area contributed by atoms with Gasteiger partial charge in [-0.05, 0) is 5.57 Å². The largest absolute Gasteiger partial charge is 0.478 e. The first-order valence-electron chi connectivity index (χ1n) is 7.40. The first-order chi connectivity index (χ1) is 12.7. The summed E-state index contributed by atoms with van der Waals surface area (Å²) in [5, 5.41) is 31.2. The Morgan fingerprint density at radius 1 is 0.630 bits per heavy atom. The lowest BCUT2D eigenvalue weighted by molar-refractivity contribution is -0.134. The van der Waals surface area contributed by atoms with Crippen LogP contribution in [0.15, 0.2) is 84.6 Å². The average molecular weight is 374 g/mol. The first-order valence-corrected chi connectivity index (χ1v) is 7.40. The van der Waals surface area contributed by atoms with Gasteiger partial charge >= 0.3 is 23.9 Å². The summed E-state index contributed by atoms with van der Waals surface area (Å²) in [5.41, 5.74) is 1.37. The second-order valence-corrected chi connectivity index (χ2v) is 4.73. The first kappa shape index (κ1) is 23.1. The van der Waals surface area contributed by atoms with E-state index in [1.54, 1.807) is 0 Å². The molecule has 1 unspecified atom stereocenters. The van der Waals surface area contributed by atoms with Crippen molar-refractivity contribution in [2.24, 2.45) is 5.92 Å². The molecule has 2 aliphatic rings. The quantitative estimate of drug-likeness (QED) is 0.547. The molecule has 0 bridgehead atoms. The highest BCUT2D eigenvalue weighted by atomic mass is 16.4. The van der Waals surface area contributed by atoms with Crippen LogP contribution in [0.4, 0.5) is 0 Å². The summed E-state index contributed by atoms with van der Waals surface area (Å²) in [7, 11) is 0. The van der Waals surface area contributed by atoms with Crippen LogP contribution in [-0.4, -0.2) is 44.3 Å². The van der Waals surface area contributed by atoms with Crippen LogP contribution in [0.25, 0.3) is 0 Å². The van der Waals surface area contributed by atoms with E-state index in [1.807, 2.05) is 0 Å².